The molecule has 0 unspecified atom stereocenters. The molecular weight excluding hydrogens is 408 g/mol. The number of aromatic amines is 1. The molecule has 0 radical (unpaired) electrons. The lowest BCUT2D eigenvalue weighted by Crippen LogP contribution is -2.23. The number of rotatable bonds is 4. The molecule has 0 atom stereocenters. The third-order valence-electron chi connectivity index (χ3n) is 4.44. The van der Waals surface area contributed by atoms with Crippen LogP contribution in [0, 0.1) is 4.77 Å². The topological polar surface area (TPSA) is 79.8 Å². The summed E-state index contributed by atoms with van der Waals surface area (Å²) in [6, 6.07) is 17.3. The Balaban J connectivity index is 1.70. The van der Waals surface area contributed by atoms with Crippen molar-refractivity contribution in [1.82, 2.24) is 14.5 Å². The van der Waals surface area contributed by atoms with Gasteiger partial charge in [0.25, 0.3) is 11.5 Å². The van der Waals surface area contributed by atoms with Gasteiger partial charge in [0.05, 0.1) is 17.4 Å². The van der Waals surface area contributed by atoms with Crippen molar-refractivity contribution in [2.75, 3.05) is 5.32 Å². The molecular formula is C21H15ClN4O2S. The second-order valence-corrected chi connectivity index (χ2v) is 7.14. The van der Waals surface area contributed by atoms with Crippen molar-refractivity contribution in [3.63, 3.8) is 0 Å². The molecule has 2 N–H and O–H groups in total. The van der Waals surface area contributed by atoms with Crippen LogP contribution in [0.1, 0.15) is 15.9 Å². The number of carbonyl (C=O) groups is 1. The van der Waals surface area contributed by atoms with Crippen LogP contribution in [0.4, 0.5) is 5.82 Å². The van der Waals surface area contributed by atoms with Crippen molar-refractivity contribution in [2.24, 2.45) is 0 Å². The quantitative estimate of drug-likeness (QED) is 0.477. The zero-order valence-electron chi connectivity index (χ0n) is 15.1. The molecule has 0 fully saturated rings. The maximum Gasteiger partial charge on any atom is 0.262 e. The van der Waals surface area contributed by atoms with Gasteiger partial charge in [-0.15, -0.1) is 0 Å². The van der Waals surface area contributed by atoms with Crippen LogP contribution in [0.25, 0.3) is 10.9 Å². The van der Waals surface area contributed by atoms with Crippen molar-refractivity contribution in [3.05, 3.63) is 98.1 Å². The molecule has 0 aliphatic heterocycles. The Bertz CT molecular complexity index is 1330. The van der Waals surface area contributed by atoms with Crippen molar-refractivity contribution < 1.29 is 4.79 Å². The summed E-state index contributed by atoms with van der Waals surface area (Å²) in [7, 11) is 0. The van der Waals surface area contributed by atoms with Gasteiger partial charge in [-0.2, -0.15) is 0 Å². The molecule has 144 valence electrons. The molecule has 29 heavy (non-hydrogen) atoms. The fourth-order valence-electron chi connectivity index (χ4n) is 2.96. The van der Waals surface area contributed by atoms with E-state index >= 15 is 0 Å². The lowest BCUT2D eigenvalue weighted by atomic mass is 10.1. The molecule has 0 aliphatic carbocycles. The highest BCUT2D eigenvalue weighted by Gasteiger charge is 2.12. The maximum absolute atomic E-state index is 13.0. The zero-order chi connectivity index (χ0) is 20.4. The van der Waals surface area contributed by atoms with E-state index in [1.54, 1.807) is 48.7 Å². The van der Waals surface area contributed by atoms with Gasteiger partial charge in [-0.05, 0) is 54.2 Å². The molecule has 0 saturated carbocycles. The molecule has 2 heterocycles. The number of nitrogens with zero attached hydrogens (tertiary/aromatic N) is 2. The minimum atomic E-state index is -0.329. The van der Waals surface area contributed by atoms with Gasteiger partial charge in [0, 0.05) is 16.8 Å². The first-order chi connectivity index (χ1) is 14.0. The molecule has 0 spiro atoms. The van der Waals surface area contributed by atoms with Crippen molar-refractivity contribution >= 4 is 46.4 Å². The smallest absolute Gasteiger partial charge is 0.262 e. The van der Waals surface area contributed by atoms with E-state index < -0.39 is 0 Å². The summed E-state index contributed by atoms with van der Waals surface area (Å²) in [4.78, 5) is 32.6. The van der Waals surface area contributed by atoms with Crippen LogP contribution < -0.4 is 10.9 Å². The Hall–Kier alpha value is -3.29. The third-order valence-corrected chi connectivity index (χ3v) is 5.13. The molecule has 4 rings (SSSR count). The summed E-state index contributed by atoms with van der Waals surface area (Å²) in [6.45, 7) is 0.256. The number of hydrogen-bond donors (Lipinski definition) is 2. The Morgan fingerprint density at radius 3 is 2.69 bits per heavy atom. The van der Waals surface area contributed by atoms with Crippen LogP contribution >= 0.6 is 23.8 Å². The van der Waals surface area contributed by atoms with E-state index in [2.05, 4.69) is 15.3 Å². The van der Waals surface area contributed by atoms with Crippen molar-refractivity contribution in [2.45, 2.75) is 6.54 Å². The minimum Gasteiger partial charge on any atom is -0.332 e. The SMILES string of the molecule is O=C(Nc1ccccn1)c1ccc2c(=O)n(Cc3ccccc3Cl)c(=S)[nH]c2c1. The molecule has 2 aromatic carbocycles. The summed E-state index contributed by atoms with van der Waals surface area (Å²) < 4.78 is 1.71. The number of benzene rings is 2. The Kier molecular flexibility index (Phi) is 5.24. The number of anilines is 1. The van der Waals surface area contributed by atoms with Crippen molar-refractivity contribution in [3.8, 4) is 0 Å². The summed E-state index contributed by atoms with van der Waals surface area (Å²) in [5, 5.41) is 3.71. The molecule has 0 bridgehead atoms. The van der Waals surface area contributed by atoms with Gasteiger partial charge in [0.1, 0.15) is 5.82 Å². The van der Waals surface area contributed by atoms with Gasteiger partial charge >= 0.3 is 0 Å². The fraction of sp³-hybridized carbons (Fsp3) is 0.0476. The molecule has 6 nitrogen and oxygen atoms in total. The number of hydrogen-bond acceptors (Lipinski definition) is 4. The van der Waals surface area contributed by atoms with Crippen LogP contribution in [0.5, 0.6) is 0 Å². The predicted molar refractivity (Wildman–Crippen MR) is 116 cm³/mol. The largest absolute Gasteiger partial charge is 0.332 e. The number of amides is 1. The maximum atomic E-state index is 13.0. The third kappa shape index (κ3) is 3.96. The Morgan fingerprint density at radius 1 is 1.14 bits per heavy atom. The molecule has 2 aromatic heterocycles. The van der Waals surface area contributed by atoms with Crippen LogP contribution in [-0.2, 0) is 6.54 Å². The second kappa shape index (κ2) is 7.98. The van der Waals surface area contributed by atoms with Gasteiger partial charge in [-0.3, -0.25) is 14.2 Å². The lowest BCUT2D eigenvalue weighted by molar-refractivity contribution is 0.102. The van der Waals surface area contributed by atoms with Crippen LogP contribution in [0.2, 0.25) is 5.02 Å². The van der Waals surface area contributed by atoms with Gasteiger partial charge in [0.2, 0.25) is 0 Å². The van der Waals surface area contributed by atoms with Gasteiger partial charge in [0.15, 0.2) is 4.77 Å². The molecule has 0 saturated heterocycles. The number of fused-ring (bicyclic) bond motifs is 1. The highest BCUT2D eigenvalue weighted by molar-refractivity contribution is 7.71. The first kappa shape index (κ1) is 19.0. The highest BCUT2D eigenvalue weighted by atomic mass is 35.5. The monoisotopic (exact) mass is 422 g/mol. The second-order valence-electron chi connectivity index (χ2n) is 6.34. The molecule has 8 heteroatoms. The van der Waals surface area contributed by atoms with E-state index in [1.165, 1.54) is 4.57 Å². The van der Waals surface area contributed by atoms with E-state index in [-0.39, 0.29) is 22.8 Å². The van der Waals surface area contributed by atoms with Crippen molar-refractivity contribution in [1.29, 1.82) is 0 Å². The standard InChI is InChI=1S/C21H15ClN4O2S/c22-16-6-2-1-5-14(16)12-26-20(28)15-9-8-13(11-17(15)24-21(26)29)19(27)25-18-7-3-4-10-23-18/h1-11H,12H2,(H,24,29)(H,23,25,27). The molecule has 4 aromatic rings. The molecule has 1 amide bonds. The van der Waals surface area contributed by atoms with E-state index in [0.29, 0.717) is 27.3 Å². The van der Waals surface area contributed by atoms with Crippen LogP contribution in [0.15, 0.2) is 71.7 Å². The van der Waals surface area contributed by atoms with Gasteiger partial charge < -0.3 is 10.3 Å². The average Bonchev–Trinajstić information content (AvgIpc) is 2.72. The number of pyridine rings is 1. The van der Waals surface area contributed by atoms with Crippen LogP contribution in [0.3, 0.4) is 0 Å². The Morgan fingerprint density at radius 2 is 1.93 bits per heavy atom. The first-order valence-electron chi connectivity index (χ1n) is 8.75. The zero-order valence-corrected chi connectivity index (χ0v) is 16.6. The fourth-order valence-corrected chi connectivity index (χ4v) is 3.41. The number of aromatic nitrogens is 3. The van der Waals surface area contributed by atoms with E-state index in [1.807, 2.05) is 18.2 Å². The first-order valence-corrected chi connectivity index (χ1v) is 9.54. The van der Waals surface area contributed by atoms with E-state index in [0.717, 1.165) is 5.56 Å². The lowest BCUT2D eigenvalue weighted by Gasteiger charge is -2.10. The Labute approximate surface area is 175 Å². The van der Waals surface area contributed by atoms with E-state index in [9.17, 15) is 9.59 Å². The average molecular weight is 423 g/mol. The van der Waals surface area contributed by atoms with E-state index in [4.69, 9.17) is 23.8 Å². The van der Waals surface area contributed by atoms with Crippen LogP contribution in [-0.4, -0.2) is 20.4 Å². The number of H-pyrrole nitrogens is 1. The predicted octanol–water partition coefficient (Wildman–Crippen LogP) is 4.41. The molecule has 0 aliphatic rings. The number of nitrogens with one attached hydrogen (secondary N) is 2. The number of halogens is 1. The highest BCUT2D eigenvalue weighted by Crippen LogP contribution is 2.17. The summed E-state index contributed by atoms with van der Waals surface area (Å²) >= 11 is 11.6. The normalized spacial score (nSPS) is 10.8. The number of carbonyl (C=O) groups excluding carboxylic acids is 1. The summed E-state index contributed by atoms with van der Waals surface area (Å²) in [5.41, 5.74) is 1.42. The minimum absolute atomic E-state index is 0.250. The van der Waals surface area contributed by atoms with Gasteiger partial charge in [-0.1, -0.05) is 35.9 Å². The summed E-state index contributed by atoms with van der Waals surface area (Å²) in [6.07, 6.45) is 1.59. The van der Waals surface area contributed by atoms with Gasteiger partial charge in [-0.25, -0.2) is 4.98 Å². The summed E-state index contributed by atoms with van der Waals surface area (Å²) in [5.74, 6) is 0.117.